The summed E-state index contributed by atoms with van der Waals surface area (Å²) in [6.45, 7) is 0.670. The van der Waals surface area contributed by atoms with Crippen molar-refractivity contribution in [2.75, 3.05) is 18.1 Å². The predicted octanol–water partition coefficient (Wildman–Crippen LogP) is 2.13. The predicted molar refractivity (Wildman–Crippen MR) is 72.2 cm³/mol. The van der Waals surface area contributed by atoms with E-state index in [2.05, 4.69) is 15.3 Å². The number of rotatable bonds is 5. The van der Waals surface area contributed by atoms with Crippen molar-refractivity contribution < 1.29 is 0 Å². The van der Waals surface area contributed by atoms with Crippen LogP contribution in [0, 0.1) is 5.92 Å². The van der Waals surface area contributed by atoms with E-state index < -0.39 is 0 Å². The zero-order valence-corrected chi connectivity index (χ0v) is 11.0. The highest BCUT2D eigenvalue weighted by Gasteiger charge is 2.24. The molecule has 4 nitrogen and oxygen atoms in total. The van der Waals surface area contributed by atoms with Crippen molar-refractivity contribution in [2.45, 2.75) is 36.8 Å². The maximum atomic E-state index is 5.86. The molecule has 2 rings (SSSR count). The fourth-order valence-electron chi connectivity index (χ4n) is 2.45. The number of nitrogens with one attached hydrogen (secondary N) is 1. The van der Waals surface area contributed by atoms with Crippen LogP contribution < -0.4 is 11.1 Å². The highest BCUT2D eigenvalue weighted by Crippen LogP contribution is 2.29. The lowest BCUT2D eigenvalue weighted by atomic mass is 9.98. The Kier molecular flexibility index (Phi) is 4.62. The van der Waals surface area contributed by atoms with E-state index in [1.54, 1.807) is 18.1 Å². The van der Waals surface area contributed by atoms with Gasteiger partial charge in [0.1, 0.15) is 17.2 Å². The van der Waals surface area contributed by atoms with Gasteiger partial charge < -0.3 is 11.1 Å². The van der Waals surface area contributed by atoms with Gasteiger partial charge in [-0.3, -0.25) is 0 Å². The molecule has 1 aromatic heterocycles. The maximum absolute atomic E-state index is 5.86. The number of nitrogens with two attached hydrogens (primary N) is 1. The largest absolute Gasteiger partial charge is 0.366 e. The topological polar surface area (TPSA) is 63.8 Å². The second-order valence-electron chi connectivity index (χ2n) is 4.48. The summed E-state index contributed by atoms with van der Waals surface area (Å²) in [4.78, 5) is 8.42. The highest BCUT2D eigenvalue weighted by molar-refractivity contribution is 7.98. The molecule has 0 radical (unpaired) electrons. The van der Waals surface area contributed by atoms with Crippen molar-refractivity contribution in [1.82, 2.24) is 9.97 Å². The second-order valence-corrected chi connectivity index (χ2v) is 5.30. The van der Waals surface area contributed by atoms with Crippen LogP contribution in [0.3, 0.4) is 0 Å². The lowest BCUT2D eigenvalue weighted by Crippen LogP contribution is -2.35. The van der Waals surface area contributed by atoms with Crippen molar-refractivity contribution in [2.24, 2.45) is 11.7 Å². The third-order valence-electron chi connectivity index (χ3n) is 3.41. The summed E-state index contributed by atoms with van der Waals surface area (Å²) in [5.41, 5.74) is 5.86. The van der Waals surface area contributed by atoms with Crippen LogP contribution in [0.5, 0.6) is 0 Å². The Morgan fingerprint density at radius 1 is 1.47 bits per heavy atom. The highest BCUT2D eigenvalue weighted by atomic mass is 32.2. The van der Waals surface area contributed by atoms with Crippen LogP contribution in [-0.4, -0.2) is 28.8 Å². The Morgan fingerprint density at radius 2 is 2.24 bits per heavy atom. The smallest absolute Gasteiger partial charge is 0.130 e. The van der Waals surface area contributed by atoms with Gasteiger partial charge in [-0.05, 0) is 25.0 Å². The molecule has 3 N–H and O–H groups in total. The first-order chi connectivity index (χ1) is 8.33. The third kappa shape index (κ3) is 3.33. The van der Waals surface area contributed by atoms with Gasteiger partial charge in [0.2, 0.25) is 0 Å². The normalized spacial score (nSPS) is 18.2. The van der Waals surface area contributed by atoms with E-state index in [0.29, 0.717) is 18.5 Å². The number of hydrogen-bond acceptors (Lipinski definition) is 5. The molecule has 94 valence electrons. The van der Waals surface area contributed by atoms with E-state index in [0.717, 1.165) is 10.8 Å². The number of aromatic nitrogens is 2. The molecule has 1 aliphatic carbocycles. The van der Waals surface area contributed by atoms with E-state index in [1.807, 2.05) is 12.3 Å². The molecule has 1 fully saturated rings. The lowest BCUT2D eigenvalue weighted by molar-refractivity contribution is 0.461. The maximum Gasteiger partial charge on any atom is 0.130 e. The molecule has 1 heterocycles. The van der Waals surface area contributed by atoms with Gasteiger partial charge >= 0.3 is 0 Å². The van der Waals surface area contributed by atoms with Crippen LogP contribution in [-0.2, 0) is 0 Å². The summed E-state index contributed by atoms with van der Waals surface area (Å²) in [6.07, 6.45) is 8.87. The van der Waals surface area contributed by atoms with Crippen LogP contribution in [0.4, 0.5) is 5.82 Å². The van der Waals surface area contributed by atoms with Crippen LogP contribution in [0.1, 0.15) is 25.7 Å². The van der Waals surface area contributed by atoms with Gasteiger partial charge in [0.05, 0.1) is 0 Å². The first-order valence-corrected chi connectivity index (χ1v) is 7.38. The number of thioether (sulfide) groups is 1. The van der Waals surface area contributed by atoms with Crippen molar-refractivity contribution >= 4 is 17.6 Å². The molecule has 0 amide bonds. The van der Waals surface area contributed by atoms with E-state index in [4.69, 9.17) is 5.73 Å². The third-order valence-corrected chi connectivity index (χ3v) is 4.05. The Bertz CT molecular complexity index is 352. The minimum Gasteiger partial charge on any atom is -0.366 e. The van der Waals surface area contributed by atoms with Crippen LogP contribution >= 0.6 is 11.8 Å². The number of anilines is 1. The fraction of sp³-hybridized carbons (Fsp3) is 0.667. The summed E-state index contributed by atoms with van der Waals surface area (Å²) in [7, 11) is 0. The molecule has 0 bridgehead atoms. The molecular weight excluding hydrogens is 232 g/mol. The first-order valence-electron chi connectivity index (χ1n) is 6.16. The van der Waals surface area contributed by atoms with Gasteiger partial charge in [-0.15, -0.1) is 11.8 Å². The Balaban J connectivity index is 2.01. The summed E-state index contributed by atoms with van der Waals surface area (Å²) in [5, 5.41) is 4.45. The van der Waals surface area contributed by atoms with Crippen LogP contribution in [0.15, 0.2) is 17.4 Å². The molecule has 1 saturated carbocycles. The second kappa shape index (κ2) is 6.21. The summed E-state index contributed by atoms with van der Waals surface area (Å²) in [5.74, 6) is 1.60. The monoisotopic (exact) mass is 252 g/mol. The molecule has 1 aliphatic rings. The van der Waals surface area contributed by atoms with Gasteiger partial charge in [0.25, 0.3) is 0 Å². The molecule has 0 aliphatic heterocycles. The summed E-state index contributed by atoms with van der Waals surface area (Å²) in [6, 6.07) is 2.34. The van der Waals surface area contributed by atoms with E-state index in [9.17, 15) is 0 Å². The van der Waals surface area contributed by atoms with Crippen molar-refractivity contribution in [1.29, 1.82) is 0 Å². The van der Waals surface area contributed by atoms with Crippen molar-refractivity contribution in [3.8, 4) is 0 Å². The molecule has 0 aromatic carbocycles. The standard InChI is InChI=1S/C12H20N4S/c1-17-12-6-11(14-8-15-12)16-10(7-13)9-4-2-3-5-9/h6,8-10H,2-5,7,13H2,1H3,(H,14,15,16). The molecule has 1 aromatic rings. The molecule has 0 spiro atoms. The minimum atomic E-state index is 0.349. The zero-order chi connectivity index (χ0) is 12.1. The fourth-order valence-corrected chi connectivity index (χ4v) is 2.83. The molecule has 17 heavy (non-hydrogen) atoms. The molecule has 1 atom stereocenters. The van der Waals surface area contributed by atoms with Gasteiger partial charge in [-0.2, -0.15) is 0 Å². The summed E-state index contributed by atoms with van der Waals surface area (Å²) >= 11 is 1.63. The molecule has 5 heteroatoms. The molecular formula is C12H20N4S. The number of hydrogen-bond donors (Lipinski definition) is 2. The lowest BCUT2D eigenvalue weighted by Gasteiger charge is -2.23. The van der Waals surface area contributed by atoms with Gasteiger partial charge in [-0.1, -0.05) is 12.8 Å². The first kappa shape index (κ1) is 12.6. The van der Waals surface area contributed by atoms with Crippen LogP contribution in [0.2, 0.25) is 0 Å². The average Bonchev–Trinajstić information content (AvgIpc) is 2.90. The van der Waals surface area contributed by atoms with Gasteiger partial charge in [-0.25, -0.2) is 9.97 Å². The molecule has 0 saturated heterocycles. The van der Waals surface area contributed by atoms with Crippen molar-refractivity contribution in [3.05, 3.63) is 12.4 Å². The zero-order valence-electron chi connectivity index (χ0n) is 10.2. The minimum absolute atomic E-state index is 0.349. The number of nitrogens with zero attached hydrogens (tertiary/aromatic N) is 2. The van der Waals surface area contributed by atoms with Crippen molar-refractivity contribution in [3.63, 3.8) is 0 Å². The van der Waals surface area contributed by atoms with Gasteiger partial charge in [0.15, 0.2) is 0 Å². The van der Waals surface area contributed by atoms with E-state index >= 15 is 0 Å². The van der Waals surface area contributed by atoms with Gasteiger partial charge in [0, 0.05) is 18.7 Å². The Morgan fingerprint density at radius 3 is 2.88 bits per heavy atom. The molecule has 1 unspecified atom stereocenters. The Hall–Kier alpha value is -0.810. The quantitative estimate of drug-likeness (QED) is 0.621. The Labute approximate surface area is 107 Å². The summed E-state index contributed by atoms with van der Waals surface area (Å²) < 4.78 is 0. The SMILES string of the molecule is CSc1cc(NC(CN)C2CCCC2)ncn1. The van der Waals surface area contributed by atoms with Crippen LogP contribution in [0.25, 0.3) is 0 Å². The van der Waals surface area contributed by atoms with E-state index in [-0.39, 0.29) is 0 Å². The average molecular weight is 252 g/mol. The van der Waals surface area contributed by atoms with E-state index in [1.165, 1.54) is 25.7 Å².